The maximum atomic E-state index is 12.5. The number of hydrogen-bond donors (Lipinski definition) is 0. The van der Waals surface area contributed by atoms with E-state index in [2.05, 4.69) is 0 Å². The van der Waals surface area contributed by atoms with Crippen molar-refractivity contribution in [1.82, 2.24) is 0 Å². The zero-order valence-electron chi connectivity index (χ0n) is 10.9. The van der Waals surface area contributed by atoms with E-state index in [4.69, 9.17) is 0 Å². The Hall–Kier alpha value is -2.22. The largest absolute Gasteiger partial charge is 0.299 e. The van der Waals surface area contributed by atoms with Gasteiger partial charge in [-0.05, 0) is 5.56 Å². The molecule has 1 atom stereocenters. The van der Waals surface area contributed by atoms with Gasteiger partial charge in [-0.15, -0.1) is 0 Å². The van der Waals surface area contributed by atoms with Crippen molar-refractivity contribution < 1.29 is 9.59 Å². The van der Waals surface area contributed by atoms with Crippen LogP contribution in [0.5, 0.6) is 0 Å². The van der Waals surface area contributed by atoms with E-state index in [1.165, 1.54) is 0 Å². The molecule has 2 aromatic carbocycles. The monoisotopic (exact) mass is 252 g/mol. The number of Topliss-reactive ketones (excluding diaryl/α,β-unsaturated/α-hetero) is 2. The first-order chi connectivity index (χ1) is 9.24. The SMILES string of the molecule is CCC(=O)C(C(=O)c1ccccc1)c1ccccc1. The molecule has 2 aromatic rings. The minimum Gasteiger partial charge on any atom is -0.299 e. The zero-order chi connectivity index (χ0) is 13.7. The summed E-state index contributed by atoms with van der Waals surface area (Å²) in [7, 11) is 0. The topological polar surface area (TPSA) is 34.1 Å². The molecule has 0 amide bonds. The zero-order valence-corrected chi connectivity index (χ0v) is 10.9. The fourth-order valence-electron chi connectivity index (χ4n) is 2.10. The van der Waals surface area contributed by atoms with Crippen LogP contribution in [0.1, 0.15) is 35.2 Å². The number of rotatable bonds is 5. The van der Waals surface area contributed by atoms with Crippen LogP contribution >= 0.6 is 0 Å². The molecule has 0 N–H and O–H groups in total. The lowest BCUT2D eigenvalue weighted by atomic mass is 9.86. The van der Waals surface area contributed by atoms with Crippen molar-refractivity contribution in [2.45, 2.75) is 19.3 Å². The van der Waals surface area contributed by atoms with Crippen LogP contribution in [0.15, 0.2) is 60.7 Å². The Morgan fingerprint density at radius 2 is 1.42 bits per heavy atom. The summed E-state index contributed by atoms with van der Waals surface area (Å²) in [4.78, 5) is 24.6. The van der Waals surface area contributed by atoms with E-state index in [1.54, 1.807) is 19.1 Å². The van der Waals surface area contributed by atoms with Gasteiger partial charge in [-0.25, -0.2) is 0 Å². The maximum absolute atomic E-state index is 12.5. The molecule has 2 rings (SSSR count). The summed E-state index contributed by atoms with van der Waals surface area (Å²) >= 11 is 0. The molecule has 0 aliphatic rings. The molecule has 0 spiro atoms. The standard InChI is InChI=1S/C17H16O2/c1-2-15(18)16(13-9-5-3-6-10-13)17(19)14-11-7-4-8-12-14/h3-12,16H,2H2,1H3. The van der Waals surface area contributed by atoms with Crippen LogP contribution in [0.4, 0.5) is 0 Å². The van der Waals surface area contributed by atoms with Crippen LogP contribution in [-0.2, 0) is 4.79 Å². The molecule has 0 saturated carbocycles. The van der Waals surface area contributed by atoms with Crippen LogP contribution in [0, 0.1) is 0 Å². The third-order valence-corrected chi connectivity index (χ3v) is 3.12. The van der Waals surface area contributed by atoms with Gasteiger partial charge in [0.05, 0.1) is 0 Å². The van der Waals surface area contributed by atoms with Crippen molar-refractivity contribution in [2.24, 2.45) is 0 Å². The summed E-state index contributed by atoms with van der Waals surface area (Å²) < 4.78 is 0. The summed E-state index contributed by atoms with van der Waals surface area (Å²) in [6.07, 6.45) is 0.359. The van der Waals surface area contributed by atoms with Crippen molar-refractivity contribution in [3.8, 4) is 0 Å². The van der Waals surface area contributed by atoms with E-state index in [9.17, 15) is 9.59 Å². The van der Waals surface area contributed by atoms with Crippen molar-refractivity contribution >= 4 is 11.6 Å². The lowest BCUT2D eigenvalue weighted by Gasteiger charge is -2.14. The van der Waals surface area contributed by atoms with Crippen molar-refractivity contribution in [3.05, 3.63) is 71.8 Å². The first kappa shape index (κ1) is 13.2. The summed E-state index contributed by atoms with van der Waals surface area (Å²) in [6, 6.07) is 18.2. The molecular weight excluding hydrogens is 236 g/mol. The van der Waals surface area contributed by atoms with Gasteiger partial charge in [-0.3, -0.25) is 9.59 Å². The maximum Gasteiger partial charge on any atom is 0.177 e. The van der Waals surface area contributed by atoms with Crippen LogP contribution in [0.2, 0.25) is 0 Å². The normalized spacial score (nSPS) is 11.8. The number of carbonyl (C=O) groups is 2. The first-order valence-corrected chi connectivity index (χ1v) is 6.41. The van der Waals surface area contributed by atoms with E-state index < -0.39 is 5.92 Å². The number of benzene rings is 2. The fraction of sp³-hybridized carbons (Fsp3) is 0.176. The molecular formula is C17H16O2. The summed E-state index contributed by atoms with van der Waals surface area (Å²) in [5.74, 6) is -0.854. The van der Waals surface area contributed by atoms with Crippen molar-refractivity contribution in [1.29, 1.82) is 0 Å². The molecule has 19 heavy (non-hydrogen) atoms. The molecule has 0 heterocycles. The van der Waals surface area contributed by atoms with Gasteiger partial charge < -0.3 is 0 Å². The van der Waals surface area contributed by atoms with Gasteiger partial charge in [-0.2, -0.15) is 0 Å². The third-order valence-electron chi connectivity index (χ3n) is 3.12. The Morgan fingerprint density at radius 1 is 0.895 bits per heavy atom. The predicted molar refractivity (Wildman–Crippen MR) is 75.3 cm³/mol. The van der Waals surface area contributed by atoms with Gasteiger partial charge in [0.2, 0.25) is 0 Å². The minimum absolute atomic E-state index is 0.0416. The highest BCUT2D eigenvalue weighted by Gasteiger charge is 2.27. The minimum atomic E-state index is -0.686. The smallest absolute Gasteiger partial charge is 0.177 e. The van der Waals surface area contributed by atoms with Crippen LogP contribution in [0.3, 0.4) is 0 Å². The highest BCUT2D eigenvalue weighted by Crippen LogP contribution is 2.23. The quantitative estimate of drug-likeness (QED) is 0.601. The van der Waals surface area contributed by atoms with E-state index in [-0.39, 0.29) is 11.6 Å². The second-order valence-electron chi connectivity index (χ2n) is 4.39. The lowest BCUT2D eigenvalue weighted by molar-refractivity contribution is -0.119. The van der Waals surface area contributed by atoms with E-state index >= 15 is 0 Å². The van der Waals surface area contributed by atoms with Crippen LogP contribution in [-0.4, -0.2) is 11.6 Å². The predicted octanol–water partition coefficient (Wildman–Crippen LogP) is 3.63. The van der Waals surface area contributed by atoms with Crippen LogP contribution in [0.25, 0.3) is 0 Å². The average Bonchev–Trinajstić information content (AvgIpc) is 2.49. The second kappa shape index (κ2) is 6.10. The highest BCUT2D eigenvalue weighted by atomic mass is 16.1. The average molecular weight is 252 g/mol. The molecule has 1 unspecified atom stereocenters. The second-order valence-corrected chi connectivity index (χ2v) is 4.39. The van der Waals surface area contributed by atoms with E-state index in [0.29, 0.717) is 12.0 Å². The van der Waals surface area contributed by atoms with Gasteiger partial charge in [0, 0.05) is 12.0 Å². The van der Waals surface area contributed by atoms with Crippen molar-refractivity contribution in [3.63, 3.8) is 0 Å². The first-order valence-electron chi connectivity index (χ1n) is 6.41. The molecule has 96 valence electrons. The number of hydrogen-bond acceptors (Lipinski definition) is 2. The molecule has 0 aliphatic carbocycles. The lowest BCUT2D eigenvalue weighted by Crippen LogP contribution is -2.21. The van der Waals surface area contributed by atoms with Gasteiger partial charge in [0.1, 0.15) is 11.7 Å². The summed E-state index contributed by atoms with van der Waals surface area (Å²) in [6.45, 7) is 1.79. The number of carbonyl (C=O) groups excluding carboxylic acids is 2. The Morgan fingerprint density at radius 3 is 1.95 bits per heavy atom. The van der Waals surface area contributed by atoms with Gasteiger partial charge in [-0.1, -0.05) is 67.6 Å². The molecule has 0 aliphatic heterocycles. The highest BCUT2D eigenvalue weighted by molar-refractivity contribution is 6.14. The summed E-state index contributed by atoms with van der Waals surface area (Å²) in [5, 5.41) is 0. The Kier molecular flexibility index (Phi) is 4.24. The third kappa shape index (κ3) is 2.97. The molecule has 0 aromatic heterocycles. The van der Waals surface area contributed by atoms with Gasteiger partial charge in [0.15, 0.2) is 5.78 Å². The van der Waals surface area contributed by atoms with Gasteiger partial charge >= 0.3 is 0 Å². The van der Waals surface area contributed by atoms with Gasteiger partial charge in [0.25, 0.3) is 0 Å². The molecule has 0 saturated heterocycles. The Balaban J connectivity index is 2.40. The molecule has 0 radical (unpaired) electrons. The Labute approximate surface area is 113 Å². The molecule has 0 fully saturated rings. The molecule has 0 bridgehead atoms. The number of ketones is 2. The van der Waals surface area contributed by atoms with Crippen molar-refractivity contribution in [2.75, 3.05) is 0 Å². The fourth-order valence-corrected chi connectivity index (χ4v) is 2.10. The molecule has 2 nitrogen and oxygen atoms in total. The molecule has 2 heteroatoms. The van der Waals surface area contributed by atoms with E-state index in [0.717, 1.165) is 5.56 Å². The summed E-state index contributed by atoms with van der Waals surface area (Å²) in [5.41, 5.74) is 1.35. The van der Waals surface area contributed by atoms with Crippen LogP contribution < -0.4 is 0 Å². The Bertz CT molecular complexity index is 558. The van der Waals surface area contributed by atoms with E-state index in [1.807, 2.05) is 48.5 Å².